The van der Waals surface area contributed by atoms with Crippen molar-refractivity contribution in [1.29, 1.82) is 0 Å². The lowest BCUT2D eigenvalue weighted by atomic mass is 9.88. The molecule has 4 amide bonds. The number of carboxylic acid groups (broad SMARTS) is 1. The molecule has 3 fully saturated rings. The molecule has 6 rings (SSSR count). The Bertz CT molecular complexity index is 1850. The van der Waals surface area contributed by atoms with Gasteiger partial charge in [-0.3, -0.25) is 19.1 Å². The molecule has 0 bridgehead atoms. The number of nitrogens with zero attached hydrogens (tertiary/aromatic N) is 2. The van der Waals surface area contributed by atoms with Crippen molar-refractivity contribution in [3.05, 3.63) is 42.6 Å². The molecule has 7 atom stereocenters. The molecule has 1 aromatic carbocycles. The number of pyridine rings is 1. The van der Waals surface area contributed by atoms with Crippen molar-refractivity contribution in [3.63, 3.8) is 0 Å². The Morgan fingerprint density at radius 2 is 1.92 bits per heavy atom. The second kappa shape index (κ2) is 14.0. The van der Waals surface area contributed by atoms with Crippen molar-refractivity contribution in [2.45, 2.75) is 101 Å². The summed E-state index contributed by atoms with van der Waals surface area (Å²) >= 11 is 0. The van der Waals surface area contributed by atoms with Gasteiger partial charge in [0.2, 0.25) is 27.7 Å². The summed E-state index contributed by atoms with van der Waals surface area (Å²) < 4.78 is 39.6. The Kier molecular flexibility index (Phi) is 9.96. The van der Waals surface area contributed by atoms with E-state index in [9.17, 15) is 32.7 Å². The van der Waals surface area contributed by atoms with Crippen LogP contribution in [0.4, 0.5) is 4.79 Å². The molecule has 3 heterocycles. The first-order valence-electron chi connectivity index (χ1n) is 17.7. The van der Waals surface area contributed by atoms with E-state index in [1.54, 1.807) is 32.4 Å². The number of aromatic nitrogens is 1. The van der Waals surface area contributed by atoms with Crippen molar-refractivity contribution in [2.24, 2.45) is 17.8 Å². The molecule has 0 spiro atoms. The maximum Gasteiger partial charge on any atom is 0.405 e. The van der Waals surface area contributed by atoms with Crippen LogP contribution in [0.1, 0.15) is 72.1 Å². The van der Waals surface area contributed by atoms with Gasteiger partial charge in [-0.15, -0.1) is 0 Å². The molecular formula is C36H47N5O9S. The van der Waals surface area contributed by atoms with Gasteiger partial charge in [-0.2, -0.15) is 0 Å². The third-order valence-corrected chi connectivity index (χ3v) is 13.5. The molecule has 1 aromatic heterocycles. The quantitative estimate of drug-likeness (QED) is 0.293. The fraction of sp³-hybridized carbons (Fsp3) is 0.583. The Labute approximate surface area is 297 Å². The molecule has 4 aliphatic rings. The molecule has 14 nitrogen and oxygen atoms in total. The number of benzene rings is 1. The molecule has 15 heteroatoms. The largest absolute Gasteiger partial charge is 0.497 e. The zero-order valence-corrected chi connectivity index (χ0v) is 30.2. The zero-order chi connectivity index (χ0) is 36.7. The zero-order valence-electron chi connectivity index (χ0n) is 29.4. The fourth-order valence-electron chi connectivity index (χ4n) is 7.73. The number of sulfonamides is 1. The molecule has 2 aromatic rings. The molecule has 4 N–H and O–H groups in total. The van der Waals surface area contributed by atoms with Crippen molar-refractivity contribution >= 4 is 44.6 Å². The average molecular weight is 726 g/mol. The number of carbonyl (C=O) groups excluding carboxylic acids is 3. The standard InChI is InChI=1S/C36H47N5O9S/c1-5-35(13-14-35)51(47,48)40-33(44)36-19-24(36)9-7-6-8-21(2)16-22(3)29(38-34(45)46)32(43)41-20-26(18-28(41)30(42)39-36)50-31-27-11-10-25(49-4)17-23(27)12-15-37-31/h7,9-12,15,17,21-22,24,26,28-29,38H,5-6,8,13-14,16,18-20H2,1-4H3,(H,39,42)(H,40,44)(H,45,46)/b9-7-/t21-,22-,24-,26-,28+,29+,36-/m1/s1. The highest BCUT2D eigenvalue weighted by atomic mass is 32.2. The molecule has 2 aliphatic carbocycles. The Morgan fingerprint density at radius 3 is 2.61 bits per heavy atom. The van der Waals surface area contributed by atoms with Crippen molar-refractivity contribution in [1.82, 2.24) is 25.2 Å². The lowest BCUT2D eigenvalue weighted by Crippen LogP contribution is -2.59. The van der Waals surface area contributed by atoms with Crippen LogP contribution in [0, 0.1) is 17.8 Å². The van der Waals surface area contributed by atoms with E-state index >= 15 is 0 Å². The summed E-state index contributed by atoms with van der Waals surface area (Å²) in [4.78, 5) is 60.2. The smallest absolute Gasteiger partial charge is 0.405 e. The first-order valence-corrected chi connectivity index (χ1v) is 19.2. The number of ether oxygens (including phenoxy) is 2. The van der Waals surface area contributed by atoms with Crippen LogP contribution >= 0.6 is 0 Å². The lowest BCUT2D eigenvalue weighted by molar-refractivity contribution is -0.142. The normalized spacial score (nSPS) is 31.2. The van der Waals surface area contributed by atoms with Crippen LogP contribution in [0.2, 0.25) is 0 Å². The predicted octanol–water partition coefficient (Wildman–Crippen LogP) is 3.50. The number of fused-ring (bicyclic) bond motifs is 3. The predicted molar refractivity (Wildman–Crippen MR) is 187 cm³/mol. The van der Waals surface area contributed by atoms with E-state index in [2.05, 4.69) is 20.3 Å². The molecule has 2 saturated carbocycles. The number of amides is 4. The summed E-state index contributed by atoms with van der Waals surface area (Å²) in [6.07, 6.45) is 6.72. The highest BCUT2D eigenvalue weighted by Gasteiger charge is 2.63. The van der Waals surface area contributed by atoms with Crippen LogP contribution in [-0.4, -0.2) is 89.4 Å². The third kappa shape index (κ3) is 7.22. The summed E-state index contributed by atoms with van der Waals surface area (Å²) in [7, 11) is -2.44. The van der Waals surface area contributed by atoms with Gasteiger partial charge >= 0.3 is 6.09 Å². The van der Waals surface area contributed by atoms with Crippen LogP contribution in [0.15, 0.2) is 42.6 Å². The van der Waals surface area contributed by atoms with Crippen LogP contribution in [0.5, 0.6) is 11.6 Å². The number of hydrogen-bond donors (Lipinski definition) is 4. The van der Waals surface area contributed by atoms with Crippen LogP contribution in [0.25, 0.3) is 10.8 Å². The minimum atomic E-state index is -4.00. The van der Waals surface area contributed by atoms with Gasteiger partial charge in [0, 0.05) is 23.9 Å². The Hall–Kier alpha value is -4.40. The van der Waals surface area contributed by atoms with Gasteiger partial charge in [0.15, 0.2) is 0 Å². The first-order chi connectivity index (χ1) is 24.2. The molecule has 0 unspecified atom stereocenters. The molecule has 0 radical (unpaired) electrons. The van der Waals surface area contributed by atoms with Crippen LogP contribution in [0.3, 0.4) is 0 Å². The van der Waals surface area contributed by atoms with Gasteiger partial charge in [0.1, 0.15) is 29.5 Å². The second-order valence-electron chi connectivity index (χ2n) is 14.7. The highest BCUT2D eigenvalue weighted by Crippen LogP contribution is 2.49. The molecular weight excluding hydrogens is 678 g/mol. The van der Waals surface area contributed by atoms with Gasteiger partial charge in [0.25, 0.3) is 5.91 Å². The Balaban J connectivity index is 1.33. The first kappa shape index (κ1) is 36.4. The maximum atomic E-state index is 14.4. The van der Waals surface area contributed by atoms with Gasteiger partial charge in [-0.25, -0.2) is 18.2 Å². The number of carbonyl (C=O) groups is 4. The van der Waals surface area contributed by atoms with E-state index in [-0.39, 0.29) is 31.2 Å². The summed E-state index contributed by atoms with van der Waals surface area (Å²) in [6, 6.07) is 4.92. The summed E-state index contributed by atoms with van der Waals surface area (Å²) in [5.74, 6) is -1.84. The monoisotopic (exact) mass is 725 g/mol. The summed E-state index contributed by atoms with van der Waals surface area (Å²) in [5.41, 5.74) is -1.54. The molecule has 2 aliphatic heterocycles. The minimum absolute atomic E-state index is 0.0197. The van der Waals surface area contributed by atoms with Gasteiger partial charge in [0.05, 0.1) is 18.4 Å². The average Bonchev–Trinajstić information content (AvgIpc) is 3.99. The van der Waals surface area contributed by atoms with Crippen LogP contribution in [-0.2, 0) is 24.4 Å². The molecule has 1 saturated heterocycles. The summed E-state index contributed by atoms with van der Waals surface area (Å²) in [6.45, 7) is 5.56. The highest BCUT2D eigenvalue weighted by molar-refractivity contribution is 7.91. The van der Waals surface area contributed by atoms with Gasteiger partial charge < -0.3 is 30.1 Å². The summed E-state index contributed by atoms with van der Waals surface area (Å²) in [5, 5.41) is 16.5. The minimum Gasteiger partial charge on any atom is -0.497 e. The van der Waals surface area contributed by atoms with Gasteiger partial charge in [-0.05, 0) is 86.4 Å². The molecule has 276 valence electrons. The van der Waals surface area contributed by atoms with E-state index in [0.717, 1.165) is 11.8 Å². The molecule has 51 heavy (non-hydrogen) atoms. The number of rotatable bonds is 8. The van der Waals surface area contributed by atoms with E-state index in [0.29, 0.717) is 43.2 Å². The van der Waals surface area contributed by atoms with E-state index in [1.807, 2.05) is 38.1 Å². The number of allylic oxidation sites excluding steroid dienone is 1. The fourth-order valence-corrected chi connectivity index (χ4v) is 9.39. The third-order valence-electron chi connectivity index (χ3n) is 11.2. The van der Waals surface area contributed by atoms with E-state index < -0.39 is 74.1 Å². The number of methoxy groups -OCH3 is 1. The van der Waals surface area contributed by atoms with Crippen molar-refractivity contribution < 1.29 is 42.2 Å². The van der Waals surface area contributed by atoms with Crippen molar-refractivity contribution in [2.75, 3.05) is 13.7 Å². The van der Waals surface area contributed by atoms with Gasteiger partial charge in [-0.1, -0.05) is 32.9 Å². The van der Waals surface area contributed by atoms with E-state index in [1.165, 1.54) is 4.90 Å². The van der Waals surface area contributed by atoms with E-state index in [4.69, 9.17) is 9.47 Å². The number of nitrogens with one attached hydrogen (secondary N) is 3. The maximum absolute atomic E-state index is 14.4. The SMILES string of the molecule is CCC1(S(=O)(=O)NC(=O)[C@@]23C[C@H]2/C=C\CC[C@@H](C)C[C@@H](C)[C@H](NC(=O)O)C(=O)N2C[C@H](Oc4nccc5cc(OC)ccc45)C[C@H]2C(=O)N3)CC1. The van der Waals surface area contributed by atoms with Crippen LogP contribution < -0.4 is 24.8 Å². The Morgan fingerprint density at radius 1 is 1.16 bits per heavy atom. The topological polar surface area (TPSA) is 193 Å². The second-order valence-corrected chi connectivity index (χ2v) is 16.8. The van der Waals surface area contributed by atoms with Crippen molar-refractivity contribution in [3.8, 4) is 11.6 Å². The lowest BCUT2D eigenvalue weighted by Gasteiger charge is -2.32. The number of hydrogen-bond acceptors (Lipinski definition) is 9.